The summed E-state index contributed by atoms with van der Waals surface area (Å²) in [5, 5.41) is 0. The normalized spacial score (nSPS) is 12.4. The second-order valence-electron chi connectivity index (χ2n) is 2.96. The molecule has 0 aliphatic rings. The molecule has 5 heteroatoms. The van der Waals surface area contributed by atoms with Gasteiger partial charge in [-0.05, 0) is 0 Å². The van der Waals surface area contributed by atoms with Gasteiger partial charge in [0.05, 0.1) is 20.8 Å². The van der Waals surface area contributed by atoms with Crippen molar-refractivity contribution in [3.05, 3.63) is 0 Å². The highest BCUT2D eigenvalue weighted by Crippen LogP contribution is 2.15. The maximum atomic E-state index is 11.3. The highest BCUT2D eigenvalue weighted by molar-refractivity contribution is 5.95. The summed E-state index contributed by atoms with van der Waals surface area (Å²) in [5.41, 5.74) is 0. The third-order valence-corrected chi connectivity index (χ3v) is 1.91. The Morgan fingerprint density at radius 2 is 1.50 bits per heavy atom. The second-order valence-corrected chi connectivity index (χ2v) is 2.96. The Kier molecular flexibility index (Phi) is 5.87. The number of hydrogen-bond donors (Lipinski definition) is 0. The molecule has 0 fully saturated rings. The van der Waals surface area contributed by atoms with Gasteiger partial charge in [0.1, 0.15) is 0 Å². The molecule has 0 spiro atoms. The van der Waals surface area contributed by atoms with Crippen LogP contribution < -0.4 is 0 Å². The van der Waals surface area contributed by atoms with Gasteiger partial charge in [-0.25, -0.2) is 0 Å². The topological polar surface area (TPSA) is 61.8 Å². The van der Waals surface area contributed by atoms with Crippen LogP contribution in [0.15, 0.2) is 0 Å². The number of carbonyl (C=O) groups is 2. The molecule has 0 heterocycles. The number of rotatable bonds is 5. The van der Waals surface area contributed by atoms with E-state index in [4.69, 9.17) is 4.74 Å². The quantitative estimate of drug-likeness (QED) is 0.474. The average Bonchev–Trinajstić information content (AvgIpc) is 2.17. The Labute approximate surface area is 83.3 Å². The predicted molar refractivity (Wildman–Crippen MR) is 48.6 cm³/mol. The predicted octanol–water partition coefficient (Wildman–Crippen LogP) is 0.231. The van der Waals surface area contributed by atoms with Gasteiger partial charge in [-0.2, -0.15) is 0 Å². The van der Waals surface area contributed by atoms with E-state index in [2.05, 4.69) is 9.47 Å². The first kappa shape index (κ1) is 12.9. The molecule has 0 saturated carbocycles. The van der Waals surface area contributed by atoms with E-state index in [0.717, 1.165) is 0 Å². The molecule has 0 N–H and O–H groups in total. The lowest BCUT2D eigenvalue weighted by Crippen LogP contribution is -2.34. The lowest BCUT2D eigenvalue weighted by Gasteiger charge is -2.18. The van der Waals surface area contributed by atoms with Crippen LogP contribution >= 0.6 is 0 Å². The number of carbonyl (C=O) groups excluding carboxylic acids is 2. The van der Waals surface area contributed by atoms with Gasteiger partial charge in [0, 0.05) is 13.0 Å². The summed E-state index contributed by atoms with van der Waals surface area (Å²) in [6.07, 6.45) is 0. The smallest absolute Gasteiger partial charge is 0.320 e. The number of methoxy groups -OCH3 is 3. The Balaban J connectivity index is 4.54. The van der Waals surface area contributed by atoms with Gasteiger partial charge in [0.15, 0.2) is 5.92 Å². The maximum absolute atomic E-state index is 11.3. The van der Waals surface area contributed by atoms with Crippen molar-refractivity contribution >= 4 is 11.9 Å². The summed E-state index contributed by atoms with van der Waals surface area (Å²) in [6, 6.07) is 0. The van der Waals surface area contributed by atoms with Crippen molar-refractivity contribution < 1.29 is 23.8 Å². The SMILES string of the molecule is COCC(C)C(C(=O)OC)C(=O)OC. The van der Waals surface area contributed by atoms with Crippen LogP contribution in [0, 0.1) is 11.8 Å². The van der Waals surface area contributed by atoms with Gasteiger partial charge in [-0.1, -0.05) is 6.92 Å². The van der Waals surface area contributed by atoms with E-state index in [1.807, 2.05) is 0 Å². The van der Waals surface area contributed by atoms with Gasteiger partial charge in [-0.3, -0.25) is 9.59 Å². The van der Waals surface area contributed by atoms with Crippen LogP contribution in [0.2, 0.25) is 0 Å². The van der Waals surface area contributed by atoms with Crippen molar-refractivity contribution in [2.75, 3.05) is 27.9 Å². The van der Waals surface area contributed by atoms with Gasteiger partial charge >= 0.3 is 11.9 Å². The van der Waals surface area contributed by atoms with E-state index in [1.54, 1.807) is 6.92 Å². The molecular formula is C9H16O5. The molecule has 0 aliphatic heterocycles. The molecule has 0 radical (unpaired) electrons. The monoisotopic (exact) mass is 204 g/mol. The lowest BCUT2D eigenvalue weighted by atomic mass is 9.95. The lowest BCUT2D eigenvalue weighted by molar-refractivity contribution is -0.162. The first-order valence-corrected chi connectivity index (χ1v) is 4.23. The fourth-order valence-electron chi connectivity index (χ4n) is 1.17. The van der Waals surface area contributed by atoms with E-state index in [1.165, 1.54) is 21.3 Å². The van der Waals surface area contributed by atoms with Gasteiger partial charge in [-0.15, -0.1) is 0 Å². The molecule has 14 heavy (non-hydrogen) atoms. The van der Waals surface area contributed by atoms with E-state index < -0.39 is 17.9 Å². The second kappa shape index (κ2) is 6.37. The molecular weight excluding hydrogens is 188 g/mol. The van der Waals surface area contributed by atoms with Crippen molar-refractivity contribution in [2.24, 2.45) is 11.8 Å². The number of hydrogen-bond acceptors (Lipinski definition) is 5. The molecule has 0 aromatic carbocycles. The zero-order chi connectivity index (χ0) is 11.1. The Hall–Kier alpha value is -1.10. The molecule has 1 unspecified atom stereocenters. The van der Waals surface area contributed by atoms with Crippen molar-refractivity contribution in [1.29, 1.82) is 0 Å². The van der Waals surface area contributed by atoms with Crippen LogP contribution in [0.4, 0.5) is 0 Å². The molecule has 5 nitrogen and oxygen atoms in total. The number of ether oxygens (including phenoxy) is 3. The van der Waals surface area contributed by atoms with Gasteiger partial charge in [0.2, 0.25) is 0 Å². The van der Waals surface area contributed by atoms with Crippen LogP contribution in [0.3, 0.4) is 0 Å². The Bertz CT molecular complexity index is 185. The van der Waals surface area contributed by atoms with Gasteiger partial charge < -0.3 is 14.2 Å². The fourth-order valence-corrected chi connectivity index (χ4v) is 1.17. The highest BCUT2D eigenvalue weighted by atomic mass is 16.5. The van der Waals surface area contributed by atoms with Crippen LogP contribution in [0.5, 0.6) is 0 Å². The summed E-state index contributed by atoms with van der Waals surface area (Å²) in [6.45, 7) is 2.02. The van der Waals surface area contributed by atoms with Crippen LogP contribution in [0.1, 0.15) is 6.92 Å². The molecule has 0 saturated heterocycles. The standard InChI is InChI=1S/C9H16O5/c1-6(5-12-2)7(8(10)13-3)9(11)14-4/h6-7H,5H2,1-4H3. The molecule has 0 aliphatic carbocycles. The van der Waals surface area contributed by atoms with Crippen molar-refractivity contribution in [3.63, 3.8) is 0 Å². The molecule has 0 aromatic heterocycles. The van der Waals surface area contributed by atoms with E-state index in [0.29, 0.717) is 6.61 Å². The maximum Gasteiger partial charge on any atom is 0.320 e. The van der Waals surface area contributed by atoms with Gasteiger partial charge in [0.25, 0.3) is 0 Å². The minimum atomic E-state index is -0.912. The molecule has 0 aromatic rings. The first-order chi connectivity index (χ1) is 6.58. The van der Waals surface area contributed by atoms with Crippen LogP contribution in [0.25, 0.3) is 0 Å². The minimum absolute atomic E-state index is 0.264. The third kappa shape index (κ3) is 3.33. The summed E-state index contributed by atoms with van der Waals surface area (Å²) in [4.78, 5) is 22.5. The summed E-state index contributed by atoms with van der Waals surface area (Å²) in [5.74, 6) is -2.37. The molecule has 1 atom stereocenters. The summed E-state index contributed by atoms with van der Waals surface area (Å²) < 4.78 is 13.9. The van der Waals surface area contributed by atoms with Crippen LogP contribution in [-0.2, 0) is 23.8 Å². The molecule has 0 amide bonds. The van der Waals surface area contributed by atoms with E-state index in [-0.39, 0.29) is 5.92 Å². The first-order valence-electron chi connectivity index (χ1n) is 4.23. The fraction of sp³-hybridized carbons (Fsp3) is 0.778. The van der Waals surface area contributed by atoms with Crippen molar-refractivity contribution in [3.8, 4) is 0 Å². The summed E-state index contributed by atoms with van der Waals surface area (Å²) in [7, 11) is 3.97. The van der Waals surface area contributed by atoms with E-state index in [9.17, 15) is 9.59 Å². The Morgan fingerprint density at radius 1 is 1.07 bits per heavy atom. The molecule has 0 rings (SSSR count). The average molecular weight is 204 g/mol. The zero-order valence-electron chi connectivity index (χ0n) is 8.90. The molecule has 82 valence electrons. The molecule has 0 bridgehead atoms. The van der Waals surface area contributed by atoms with Crippen molar-refractivity contribution in [1.82, 2.24) is 0 Å². The summed E-state index contributed by atoms with van der Waals surface area (Å²) >= 11 is 0. The third-order valence-electron chi connectivity index (χ3n) is 1.91. The minimum Gasteiger partial charge on any atom is -0.468 e. The zero-order valence-corrected chi connectivity index (χ0v) is 8.90. The largest absolute Gasteiger partial charge is 0.468 e. The highest BCUT2D eigenvalue weighted by Gasteiger charge is 2.34. The van der Waals surface area contributed by atoms with Crippen molar-refractivity contribution in [2.45, 2.75) is 6.92 Å². The number of esters is 2. The van der Waals surface area contributed by atoms with Crippen LogP contribution in [-0.4, -0.2) is 39.9 Å². The van der Waals surface area contributed by atoms with E-state index >= 15 is 0 Å². The Morgan fingerprint density at radius 3 is 1.79 bits per heavy atom.